The zero-order valence-electron chi connectivity index (χ0n) is 13.7. The van der Waals surface area contributed by atoms with Crippen LogP contribution in [0.4, 0.5) is 0 Å². The second kappa shape index (κ2) is 8.53. The van der Waals surface area contributed by atoms with Crippen molar-refractivity contribution >= 4 is 21.7 Å². The molecule has 0 heterocycles. The van der Waals surface area contributed by atoms with Crippen LogP contribution in [0.2, 0.25) is 0 Å². The number of carbonyl (C=O) groups excluding carboxylic acids is 1. The van der Waals surface area contributed by atoms with Gasteiger partial charge in [-0.25, -0.2) is 13.2 Å². The maximum atomic E-state index is 12.4. The molecule has 0 aromatic heterocycles. The van der Waals surface area contributed by atoms with Crippen LogP contribution in [0.3, 0.4) is 0 Å². The van der Waals surface area contributed by atoms with Gasteiger partial charge in [0.25, 0.3) is 5.91 Å². The number of carbonyl (C=O) groups is 2. The van der Waals surface area contributed by atoms with E-state index in [4.69, 9.17) is 9.47 Å². The van der Waals surface area contributed by atoms with Crippen molar-refractivity contribution < 1.29 is 32.6 Å². The van der Waals surface area contributed by atoms with Gasteiger partial charge in [0, 0.05) is 5.75 Å². The van der Waals surface area contributed by atoms with E-state index in [0.29, 0.717) is 0 Å². The van der Waals surface area contributed by atoms with E-state index in [1.165, 1.54) is 33.3 Å². The van der Waals surface area contributed by atoms with E-state index in [0.717, 1.165) is 0 Å². The van der Waals surface area contributed by atoms with Crippen LogP contribution >= 0.6 is 0 Å². The molecule has 1 amide bonds. The molecule has 0 radical (unpaired) electrons. The van der Waals surface area contributed by atoms with Gasteiger partial charge in [-0.05, 0) is 18.6 Å². The molecule has 0 aliphatic rings. The number of hydrogen-bond donors (Lipinski definition) is 2. The van der Waals surface area contributed by atoms with Gasteiger partial charge in [-0.3, -0.25) is 4.79 Å². The highest BCUT2D eigenvalue weighted by molar-refractivity contribution is 7.91. The number of hydrogen-bond acceptors (Lipinski definition) is 6. The zero-order valence-corrected chi connectivity index (χ0v) is 14.6. The Balaban J connectivity index is 3.00. The highest BCUT2D eigenvalue weighted by Crippen LogP contribution is 2.28. The van der Waals surface area contributed by atoms with Gasteiger partial charge < -0.3 is 19.9 Å². The lowest BCUT2D eigenvalue weighted by Crippen LogP contribution is -2.42. The van der Waals surface area contributed by atoms with E-state index in [1.54, 1.807) is 6.07 Å². The van der Waals surface area contributed by atoms with Gasteiger partial charge in [0.1, 0.15) is 32.9 Å². The van der Waals surface area contributed by atoms with Crippen molar-refractivity contribution in [3.05, 3.63) is 23.8 Å². The molecule has 0 bridgehead atoms. The molecule has 0 aliphatic carbocycles. The van der Waals surface area contributed by atoms with E-state index in [2.05, 4.69) is 5.32 Å². The number of carboxylic acids is 1. The highest BCUT2D eigenvalue weighted by atomic mass is 32.2. The van der Waals surface area contributed by atoms with Crippen LogP contribution in [0.5, 0.6) is 11.5 Å². The Labute approximate surface area is 140 Å². The minimum Gasteiger partial charge on any atom is -0.496 e. The summed E-state index contributed by atoms with van der Waals surface area (Å²) in [7, 11) is -0.600. The monoisotopic (exact) mass is 359 g/mol. The lowest BCUT2D eigenvalue weighted by atomic mass is 10.1. The van der Waals surface area contributed by atoms with Crippen LogP contribution < -0.4 is 14.8 Å². The maximum absolute atomic E-state index is 12.4. The van der Waals surface area contributed by atoms with Crippen molar-refractivity contribution in [2.75, 3.05) is 25.7 Å². The highest BCUT2D eigenvalue weighted by Gasteiger charge is 2.26. The first-order valence-corrected chi connectivity index (χ1v) is 9.03. The molecule has 134 valence electrons. The third kappa shape index (κ3) is 5.12. The number of rotatable bonds is 9. The third-order valence-electron chi connectivity index (χ3n) is 3.42. The molecule has 0 fully saturated rings. The largest absolute Gasteiger partial charge is 0.496 e. The van der Waals surface area contributed by atoms with Crippen LogP contribution in [0.15, 0.2) is 18.2 Å². The topological polar surface area (TPSA) is 119 Å². The van der Waals surface area contributed by atoms with E-state index in [9.17, 15) is 23.1 Å². The van der Waals surface area contributed by atoms with E-state index < -0.39 is 27.8 Å². The molecule has 1 aromatic carbocycles. The van der Waals surface area contributed by atoms with Gasteiger partial charge in [0.15, 0.2) is 0 Å². The van der Waals surface area contributed by atoms with E-state index in [1.807, 2.05) is 0 Å². The average Bonchev–Trinajstić information content (AvgIpc) is 2.57. The molecule has 0 aliphatic heterocycles. The fourth-order valence-electron chi connectivity index (χ4n) is 2.00. The first-order chi connectivity index (χ1) is 11.3. The standard InChI is InChI=1S/C15H21NO7S/c1-4-24(20,21)9-8-10(15(18)19)16-14(17)13-11(22-2)6-5-7-12(13)23-3/h5-7,10H,4,8-9H2,1-3H3,(H,16,17)(H,18,19). The summed E-state index contributed by atoms with van der Waals surface area (Å²) in [6.07, 6.45) is -0.227. The summed E-state index contributed by atoms with van der Waals surface area (Å²) < 4.78 is 33.3. The van der Waals surface area contributed by atoms with Crippen LogP contribution in [-0.4, -0.2) is 57.2 Å². The van der Waals surface area contributed by atoms with Crippen LogP contribution in [-0.2, 0) is 14.6 Å². The van der Waals surface area contributed by atoms with Gasteiger partial charge in [-0.2, -0.15) is 0 Å². The normalized spacial score (nSPS) is 12.3. The summed E-state index contributed by atoms with van der Waals surface area (Å²) in [4.78, 5) is 23.7. The number of amides is 1. The smallest absolute Gasteiger partial charge is 0.326 e. The molecule has 2 N–H and O–H groups in total. The molecular formula is C15H21NO7S. The van der Waals surface area contributed by atoms with Gasteiger partial charge in [-0.15, -0.1) is 0 Å². The molecule has 1 aromatic rings. The molecule has 9 heteroatoms. The number of benzene rings is 1. The van der Waals surface area contributed by atoms with Crippen LogP contribution in [0.1, 0.15) is 23.7 Å². The second-order valence-electron chi connectivity index (χ2n) is 4.93. The molecule has 0 saturated heterocycles. The predicted octanol–water partition coefficient (Wildman–Crippen LogP) is 0.712. The van der Waals surface area contributed by atoms with Gasteiger partial charge in [0.05, 0.1) is 20.0 Å². The van der Waals surface area contributed by atoms with Crippen molar-refractivity contribution in [3.63, 3.8) is 0 Å². The van der Waals surface area contributed by atoms with E-state index >= 15 is 0 Å². The molecular weight excluding hydrogens is 338 g/mol. The number of nitrogens with one attached hydrogen (secondary N) is 1. The zero-order chi connectivity index (χ0) is 18.3. The van der Waals surface area contributed by atoms with Crippen molar-refractivity contribution in [2.24, 2.45) is 0 Å². The molecule has 8 nitrogen and oxygen atoms in total. The van der Waals surface area contributed by atoms with Gasteiger partial charge >= 0.3 is 5.97 Å². The summed E-state index contributed by atoms with van der Waals surface area (Å²) in [5.41, 5.74) is 0.0482. The Morgan fingerprint density at radius 1 is 1.21 bits per heavy atom. The maximum Gasteiger partial charge on any atom is 0.326 e. The Morgan fingerprint density at radius 3 is 2.17 bits per heavy atom. The number of sulfone groups is 1. The Bertz CT molecular complexity index is 678. The fraction of sp³-hybridized carbons (Fsp3) is 0.467. The molecule has 24 heavy (non-hydrogen) atoms. The fourth-order valence-corrected chi connectivity index (χ4v) is 2.89. The van der Waals surface area contributed by atoms with Crippen molar-refractivity contribution in [1.82, 2.24) is 5.32 Å². The molecule has 0 spiro atoms. The lowest BCUT2D eigenvalue weighted by Gasteiger charge is -2.17. The van der Waals surface area contributed by atoms with Crippen LogP contribution in [0.25, 0.3) is 0 Å². The first kappa shape index (κ1) is 19.8. The minimum atomic E-state index is -3.34. The number of carboxylic acid groups (broad SMARTS) is 1. The molecule has 1 unspecified atom stereocenters. The lowest BCUT2D eigenvalue weighted by molar-refractivity contribution is -0.139. The Hall–Kier alpha value is -2.29. The molecule has 0 saturated carbocycles. The third-order valence-corrected chi connectivity index (χ3v) is 5.15. The molecule has 1 atom stereocenters. The van der Waals surface area contributed by atoms with Gasteiger partial charge in [-0.1, -0.05) is 13.0 Å². The predicted molar refractivity (Wildman–Crippen MR) is 87.4 cm³/mol. The van der Waals surface area contributed by atoms with Crippen molar-refractivity contribution in [3.8, 4) is 11.5 Å². The number of aliphatic carboxylic acids is 1. The average molecular weight is 359 g/mol. The summed E-state index contributed by atoms with van der Waals surface area (Å²) in [5, 5.41) is 11.5. The van der Waals surface area contributed by atoms with Crippen LogP contribution in [0, 0.1) is 0 Å². The second-order valence-corrected chi connectivity index (χ2v) is 7.40. The van der Waals surface area contributed by atoms with Crippen molar-refractivity contribution in [1.29, 1.82) is 0 Å². The SMILES string of the molecule is CCS(=O)(=O)CCC(NC(=O)c1c(OC)cccc1OC)C(=O)O. The Morgan fingerprint density at radius 2 is 1.75 bits per heavy atom. The van der Waals surface area contributed by atoms with Gasteiger partial charge in [0.2, 0.25) is 0 Å². The number of methoxy groups -OCH3 is 2. The number of ether oxygens (including phenoxy) is 2. The minimum absolute atomic E-state index is 0.0482. The Kier molecular flexibility index (Phi) is 7.02. The summed E-state index contributed by atoms with van der Waals surface area (Å²) in [6, 6.07) is 3.36. The summed E-state index contributed by atoms with van der Waals surface area (Å²) >= 11 is 0. The summed E-state index contributed by atoms with van der Waals surface area (Å²) in [5.74, 6) is -2.01. The first-order valence-electron chi connectivity index (χ1n) is 7.20. The van der Waals surface area contributed by atoms with Crippen molar-refractivity contribution in [2.45, 2.75) is 19.4 Å². The molecule has 1 rings (SSSR count). The van der Waals surface area contributed by atoms with E-state index in [-0.39, 0.29) is 35.0 Å². The summed E-state index contributed by atoms with van der Waals surface area (Å²) in [6.45, 7) is 1.48. The quantitative estimate of drug-likeness (QED) is 0.666.